The van der Waals surface area contributed by atoms with Crippen molar-refractivity contribution < 1.29 is 19.4 Å². The highest BCUT2D eigenvalue weighted by atomic mass is 16.5. The van der Waals surface area contributed by atoms with Crippen LogP contribution in [0.3, 0.4) is 0 Å². The molecule has 1 aliphatic carbocycles. The first-order chi connectivity index (χ1) is 16.5. The molecule has 0 amide bonds. The molecule has 1 N–H and O–H groups in total. The van der Waals surface area contributed by atoms with E-state index in [1.807, 2.05) is 13.8 Å². The Morgan fingerprint density at radius 2 is 1.77 bits per heavy atom. The van der Waals surface area contributed by atoms with Crippen molar-refractivity contribution >= 4 is 5.78 Å². The van der Waals surface area contributed by atoms with E-state index in [0.29, 0.717) is 41.6 Å². The fourth-order valence-electron chi connectivity index (χ4n) is 5.56. The Kier molecular flexibility index (Phi) is 5.82. The van der Waals surface area contributed by atoms with Crippen LogP contribution in [0.2, 0.25) is 0 Å². The Labute approximate surface area is 208 Å². The van der Waals surface area contributed by atoms with Gasteiger partial charge >= 0.3 is 0 Å². The molecule has 0 bridgehead atoms. The van der Waals surface area contributed by atoms with Gasteiger partial charge in [-0.1, -0.05) is 23.3 Å². The van der Waals surface area contributed by atoms with Crippen molar-refractivity contribution in [1.29, 1.82) is 0 Å². The summed E-state index contributed by atoms with van der Waals surface area (Å²) >= 11 is 0. The summed E-state index contributed by atoms with van der Waals surface area (Å²) in [5.41, 5.74) is 6.92. The number of benzene rings is 2. The monoisotopic (exact) mass is 472 g/mol. The maximum absolute atomic E-state index is 13.2. The molecule has 35 heavy (non-hydrogen) atoms. The summed E-state index contributed by atoms with van der Waals surface area (Å²) in [5, 5.41) is 10.6. The molecule has 3 aliphatic rings. The van der Waals surface area contributed by atoms with E-state index in [9.17, 15) is 9.90 Å². The number of aromatic hydroxyl groups is 1. The summed E-state index contributed by atoms with van der Waals surface area (Å²) in [5.74, 6) is 2.79. The van der Waals surface area contributed by atoms with Crippen LogP contribution >= 0.6 is 0 Å². The van der Waals surface area contributed by atoms with Crippen molar-refractivity contribution in [2.45, 2.75) is 84.8 Å². The van der Waals surface area contributed by atoms with Crippen molar-refractivity contribution in [3.8, 4) is 17.2 Å². The van der Waals surface area contributed by atoms with E-state index in [2.05, 4.69) is 52.0 Å². The van der Waals surface area contributed by atoms with Crippen LogP contribution in [0.5, 0.6) is 17.2 Å². The van der Waals surface area contributed by atoms with Crippen molar-refractivity contribution in [3.63, 3.8) is 0 Å². The number of hydrogen-bond acceptors (Lipinski definition) is 4. The summed E-state index contributed by atoms with van der Waals surface area (Å²) in [6.45, 7) is 12.7. The quantitative estimate of drug-likeness (QED) is 0.461. The Hall–Kier alpha value is -3.01. The second-order valence-corrected chi connectivity index (χ2v) is 11.4. The van der Waals surface area contributed by atoms with Gasteiger partial charge in [0.1, 0.15) is 29.0 Å². The van der Waals surface area contributed by atoms with Gasteiger partial charge in [-0.3, -0.25) is 4.79 Å². The molecule has 3 atom stereocenters. The molecular formula is C31H36O4. The Morgan fingerprint density at radius 1 is 1.06 bits per heavy atom. The van der Waals surface area contributed by atoms with Crippen LogP contribution in [0.25, 0.3) is 0 Å². The Bertz CT molecular complexity index is 1260. The van der Waals surface area contributed by atoms with Gasteiger partial charge in [-0.2, -0.15) is 0 Å². The van der Waals surface area contributed by atoms with Crippen LogP contribution in [0, 0.1) is 5.92 Å². The lowest BCUT2D eigenvalue weighted by Gasteiger charge is -2.35. The van der Waals surface area contributed by atoms with Crippen LogP contribution in [0.1, 0.15) is 99.0 Å². The molecule has 1 fully saturated rings. The van der Waals surface area contributed by atoms with E-state index in [-0.39, 0.29) is 23.2 Å². The van der Waals surface area contributed by atoms with Gasteiger partial charge in [-0.05, 0) is 108 Å². The normalized spacial score (nSPS) is 23.1. The third-order valence-electron chi connectivity index (χ3n) is 7.65. The minimum absolute atomic E-state index is 0.0555. The standard InChI is InChI=1S/C31H36O4/c1-17(2)7-9-19-13-20(14-24-23-15-25(23)31(5,6)35-29(19)24)28-16-27(33)22-11-12-26(32)21(30(22)34-28)10-8-18(3)4/h7-8,11-14,23,25,28,32H,9-10,15-16H2,1-6H3. The Balaban J connectivity index is 1.57. The largest absolute Gasteiger partial charge is 0.508 e. The molecule has 0 aromatic heterocycles. The van der Waals surface area contributed by atoms with Gasteiger partial charge in [0.25, 0.3) is 0 Å². The van der Waals surface area contributed by atoms with Gasteiger partial charge in [0.05, 0.1) is 12.0 Å². The molecule has 1 saturated carbocycles. The molecule has 0 spiro atoms. The molecular weight excluding hydrogens is 436 g/mol. The Morgan fingerprint density at radius 3 is 2.49 bits per heavy atom. The third kappa shape index (κ3) is 4.39. The first-order valence-electron chi connectivity index (χ1n) is 12.7. The van der Waals surface area contributed by atoms with Crippen molar-refractivity contribution in [2.75, 3.05) is 0 Å². The summed E-state index contributed by atoms with van der Waals surface area (Å²) in [7, 11) is 0. The van der Waals surface area contributed by atoms with Crippen molar-refractivity contribution in [3.05, 3.63) is 75.4 Å². The van der Waals surface area contributed by atoms with Crippen LogP contribution < -0.4 is 9.47 Å². The molecule has 2 aromatic carbocycles. The van der Waals surface area contributed by atoms with Crippen LogP contribution in [0.4, 0.5) is 0 Å². The lowest BCUT2D eigenvalue weighted by molar-refractivity contribution is 0.0699. The summed E-state index contributed by atoms with van der Waals surface area (Å²) in [6, 6.07) is 7.67. The zero-order valence-electron chi connectivity index (χ0n) is 21.7. The second kappa shape index (κ2) is 8.58. The number of rotatable bonds is 5. The topological polar surface area (TPSA) is 55.8 Å². The summed E-state index contributed by atoms with van der Waals surface area (Å²) < 4.78 is 13.1. The fraction of sp³-hybridized carbons (Fsp3) is 0.452. The molecule has 0 saturated heterocycles. The highest BCUT2D eigenvalue weighted by Gasteiger charge is 2.55. The highest BCUT2D eigenvalue weighted by Crippen LogP contribution is 2.61. The predicted molar refractivity (Wildman–Crippen MR) is 139 cm³/mol. The van der Waals surface area contributed by atoms with Crippen molar-refractivity contribution in [1.82, 2.24) is 0 Å². The van der Waals surface area contributed by atoms with E-state index in [1.54, 1.807) is 12.1 Å². The van der Waals surface area contributed by atoms with E-state index >= 15 is 0 Å². The molecule has 4 nitrogen and oxygen atoms in total. The first kappa shape index (κ1) is 23.7. The van der Waals surface area contributed by atoms with Gasteiger partial charge in [0, 0.05) is 11.5 Å². The van der Waals surface area contributed by atoms with Gasteiger partial charge in [0.2, 0.25) is 0 Å². The number of ether oxygens (including phenoxy) is 2. The molecule has 0 radical (unpaired) electrons. The first-order valence-corrected chi connectivity index (χ1v) is 12.7. The molecule has 2 aromatic rings. The van der Waals surface area contributed by atoms with E-state index in [0.717, 1.165) is 35.3 Å². The molecule has 3 unspecified atom stereocenters. The van der Waals surface area contributed by atoms with Gasteiger partial charge in [0.15, 0.2) is 5.78 Å². The molecule has 5 rings (SSSR count). The van der Waals surface area contributed by atoms with Gasteiger partial charge in [-0.25, -0.2) is 0 Å². The van der Waals surface area contributed by atoms with E-state index < -0.39 is 0 Å². The SMILES string of the molecule is CC(C)=CCc1cc(C2CC(=O)c3ccc(O)c(CC=C(C)C)c3O2)cc2c1OC(C)(C)C1CC21. The summed E-state index contributed by atoms with van der Waals surface area (Å²) in [4.78, 5) is 13.2. The molecule has 2 heterocycles. The number of phenolic OH excluding ortho intramolecular Hbond substituents is 1. The summed E-state index contributed by atoms with van der Waals surface area (Å²) in [6.07, 6.45) is 6.64. The third-order valence-corrected chi connectivity index (χ3v) is 7.65. The van der Waals surface area contributed by atoms with Crippen molar-refractivity contribution in [2.24, 2.45) is 5.92 Å². The molecule has 2 aliphatic heterocycles. The lowest BCUT2D eigenvalue weighted by Crippen LogP contribution is -2.35. The zero-order valence-corrected chi connectivity index (χ0v) is 21.7. The minimum atomic E-state index is -0.384. The van der Waals surface area contributed by atoms with Crippen LogP contribution in [0.15, 0.2) is 47.6 Å². The number of allylic oxidation sites excluding steroid dienone is 4. The lowest BCUT2D eigenvalue weighted by atomic mass is 9.87. The van der Waals surface area contributed by atoms with Crippen LogP contribution in [-0.2, 0) is 12.8 Å². The minimum Gasteiger partial charge on any atom is -0.508 e. The number of Topliss-reactive ketones (excluding diaryl/α,β-unsaturated/α-hetero) is 1. The van der Waals surface area contributed by atoms with E-state index in [1.165, 1.54) is 11.1 Å². The zero-order chi connectivity index (χ0) is 25.1. The average molecular weight is 473 g/mol. The number of ketones is 1. The maximum atomic E-state index is 13.2. The number of hydrogen-bond donors (Lipinski definition) is 1. The average Bonchev–Trinajstić information content (AvgIpc) is 3.59. The fourth-order valence-corrected chi connectivity index (χ4v) is 5.56. The maximum Gasteiger partial charge on any atom is 0.170 e. The van der Waals surface area contributed by atoms with Gasteiger partial charge < -0.3 is 14.6 Å². The number of fused-ring (bicyclic) bond motifs is 4. The molecule has 184 valence electrons. The molecule has 4 heteroatoms. The smallest absolute Gasteiger partial charge is 0.170 e. The number of carbonyl (C=O) groups excluding carboxylic acids is 1. The number of phenols is 1. The van der Waals surface area contributed by atoms with Gasteiger partial charge in [-0.15, -0.1) is 0 Å². The number of carbonyl (C=O) groups is 1. The second-order valence-electron chi connectivity index (χ2n) is 11.4. The highest BCUT2D eigenvalue weighted by molar-refractivity contribution is 6.00. The van der Waals surface area contributed by atoms with Crippen LogP contribution in [-0.4, -0.2) is 16.5 Å². The predicted octanol–water partition coefficient (Wildman–Crippen LogP) is 7.39. The van der Waals surface area contributed by atoms with E-state index in [4.69, 9.17) is 9.47 Å².